The van der Waals surface area contributed by atoms with Crippen LogP contribution >= 0.6 is 0 Å². The van der Waals surface area contributed by atoms with Crippen LogP contribution < -0.4 is 0 Å². The predicted molar refractivity (Wildman–Crippen MR) is 146 cm³/mol. The molecule has 1 aromatic carbocycles. The lowest BCUT2D eigenvalue weighted by atomic mass is 9.76. The highest BCUT2D eigenvalue weighted by Gasteiger charge is 2.28. The standard InChI is InChI=1S/C31H54O3/c1-9-11-12-13-14-15-16-17-18-19-24(20-21-34-28(32)10-2)25-22-26(30(3,4)5)29(33)27(23-25)31(6,7)8/h22-24,33H,9-21H2,1-8H3. The minimum atomic E-state index is -0.142. The average molecular weight is 475 g/mol. The Labute approximate surface area is 211 Å². The smallest absolute Gasteiger partial charge is 0.305 e. The summed E-state index contributed by atoms with van der Waals surface area (Å²) >= 11 is 0. The van der Waals surface area contributed by atoms with Crippen LogP contribution in [0.4, 0.5) is 0 Å². The van der Waals surface area contributed by atoms with E-state index in [0.717, 1.165) is 24.0 Å². The second-order valence-corrected chi connectivity index (χ2v) is 12.1. The van der Waals surface area contributed by atoms with Crippen molar-refractivity contribution in [3.8, 4) is 5.75 Å². The number of benzene rings is 1. The van der Waals surface area contributed by atoms with Crippen LogP contribution in [0.1, 0.15) is 155 Å². The monoisotopic (exact) mass is 474 g/mol. The van der Waals surface area contributed by atoms with Crippen LogP contribution in [-0.2, 0) is 20.4 Å². The molecule has 0 bridgehead atoms. The Bertz CT molecular complexity index is 686. The van der Waals surface area contributed by atoms with E-state index < -0.39 is 0 Å². The molecule has 0 aliphatic carbocycles. The molecule has 0 fully saturated rings. The van der Waals surface area contributed by atoms with Crippen molar-refractivity contribution < 1.29 is 14.6 Å². The van der Waals surface area contributed by atoms with Gasteiger partial charge in [0.25, 0.3) is 0 Å². The van der Waals surface area contributed by atoms with Crippen molar-refractivity contribution in [3.05, 3.63) is 28.8 Å². The van der Waals surface area contributed by atoms with Gasteiger partial charge in [-0.1, -0.05) is 125 Å². The third-order valence-corrected chi connectivity index (χ3v) is 6.89. The number of aromatic hydroxyl groups is 1. The minimum absolute atomic E-state index is 0.127. The van der Waals surface area contributed by atoms with Crippen LogP contribution in [0.25, 0.3) is 0 Å². The second kappa shape index (κ2) is 14.8. The van der Waals surface area contributed by atoms with Crippen LogP contribution in [-0.4, -0.2) is 17.7 Å². The Kier molecular flexibility index (Phi) is 13.3. The van der Waals surface area contributed by atoms with E-state index in [9.17, 15) is 9.90 Å². The molecule has 1 rings (SSSR count). The molecule has 0 saturated heterocycles. The first-order valence-corrected chi connectivity index (χ1v) is 13.9. The Morgan fingerprint density at radius 1 is 0.794 bits per heavy atom. The Morgan fingerprint density at radius 3 is 1.71 bits per heavy atom. The number of hydrogen-bond acceptors (Lipinski definition) is 3. The van der Waals surface area contributed by atoms with Gasteiger partial charge in [-0.2, -0.15) is 0 Å². The van der Waals surface area contributed by atoms with Crippen molar-refractivity contribution in [3.63, 3.8) is 0 Å². The van der Waals surface area contributed by atoms with E-state index in [0.29, 0.717) is 24.7 Å². The summed E-state index contributed by atoms with van der Waals surface area (Å²) in [7, 11) is 0. The van der Waals surface area contributed by atoms with Gasteiger partial charge < -0.3 is 9.84 Å². The van der Waals surface area contributed by atoms with Gasteiger partial charge in [-0.25, -0.2) is 0 Å². The molecule has 1 N–H and O–H groups in total. The number of rotatable bonds is 15. The van der Waals surface area contributed by atoms with Crippen molar-refractivity contribution >= 4 is 5.97 Å². The normalized spacial score (nSPS) is 13.2. The number of esters is 1. The van der Waals surface area contributed by atoms with Gasteiger partial charge in [-0.05, 0) is 46.3 Å². The van der Waals surface area contributed by atoms with Gasteiger partial charge >= 0.3 is 5.97 Å². The minimum Gasteiger partial charge on any atom is -0.507 e. The molecule has 34 heavy (non-hydrogen) atoms. The Hall–Kier alpha value is -1.51. The van der Waals surface area contributed by atoms with Crippen LogP contribution in [0.15, 0.2) is 12.1 Å². The lowest BCUT2D eigenvalue weighted by Crippen LogP contribution is -2.19. The molecule has 1 atom stereocenters. The fourth-order valence-corrected chi connectivity index (χ4v) is 4.63. The van der Waals surface area contributed by atoms with Crippen LogP contribution in [0.2, 0.25) is 0 Å². The SMILES string of the molecule is CCCCCCCCCCCC(CCOC(=O)CC)c1cc(C(C)(C)C)c(O)c(C(C)(C)C)c1. The summed E-state index contributed by atoms with van der Waals surface area (Å²) in [6, 6.07) is 4.43. The zero-order valence-corrected chi connectivity index (χ0v) is 23.7. The molecule has 3 heteroatoms. The van der Waals surface area contributed by atoms with E-state index >= 15 is 0 Å². The van der Waals surface area contributed by atoms with Gasteiger partial charge in [-0.15, -0.1) is 0 Å². The van der Waals surface area contributed by atoms with Crippen LogP contribution in [0.5, 0.6) is 5.75 Å². The zero-order valence-electron chi connectivity index (χ0n) is 23.7. The van der Waals surface area contributed by atoms with Gasteiger partial charge in [0.15, 0.2) is 0 Å². The van der Waals surface area contributed by atoms with E-state index in [1.165, 1.54) is 63.4 Å². The van der Waals surface area contributed by atoms with Gasteiger partial charge in [-0.3, -0.25) is 4.79 Å². The molecule has 3 nitrogen and oxygen atoms in total. The zero-order chi connectivity index (χ0) is 25.8. The molecular formula is C31H54O3. The molecule has 0 heterocycles. The highest BCUT2D eigenvalue weighted by atomic mass is 16.5. The molecule has 0 spiro atoms. The fraction of sp³-hybridized carbons (Fsp3) is 0.774. The number of hydrogen-bond donors (Lipinski definition) is 1. The lowest BCUT2D eigenvalue weighted by Gasteiger charge is -2.30. The molecule has 1 aromatic rings. The van der Waals surface area contributed by atoms with E-state index in [1.54, 1.807) is 0 Å². The first-order chi connectivity index (χ1) is 15.9. The number of phenols is 1. The summed E-state index contributed by atoms with van der Waals surface area (Å²) < 4.78 is 5.47. The first kappa shape index (κ1) is 30.5. The van der Waals surface area contributed by atoms with Gasteiger partial charge in [0.1, 0.15) is 5.75 Å². The van der Waals surface area contributed by atoms with Crippen molar-refractivity contribution in [1.82, 2.24) is 0 Å². The number of ether oxygens (including phenoxy) is 1. The van der Waals surface area contributed by atoms with Gasteiger partial charge in [0.2, 0.25) is 0 Å². The summed E-state index contributed by atoms with van der Waals surface area (Å²) in [5.41, 5.74) is 3.02. The molecule has 0 amide bonds. The molecule has 0 radical (unpaired) electrons. The number of carbonyl (C=O) groups is 1. The number of phenolic OH excluding ortho intramolecular Hbond substituents is 1. The maximum absolute atomic E-state index is 11.7. The summed E-state index contributed by atoms with van der Waals surface area (Å²) in [5.74, 6) is 0.637. The van der Waals surface area contributed by atoms with E-state index in [1.807, 2.05) is 6.92 Å². The van der Waals surface area contributed by atoms with E-state index in [2.05, 4.69) is 60.6 Å². The summed E-state index contributed by atoms with van der Waals surface area (Å²) in [6.07, 6.45) is 14.2. The molecule has 1 unspecified atom stereocenters. The molecule has 0 aromatic heterocycles. The quantitative estimate of drug-likeness (QED) is 0.203. The number of carbonyl (C=O) groups excluding carboxylic acids is 1. The third-order valence-electron chi connectivity index (χ3n) is 6.89. The topological polar surface area (TPSA) is 46.5 Å². The number of unbranched alkanes of at least 4 members (excludes halogenated alkanes) is 8. The molecule has 0 saturated carbocycles. The fourth-order valence-electron chi connectivity index (χ4n) is 4.63. The second-order valence-electron chi connectivity index (χ2n) is 12.1. The first-order valence-electron chi connectivity index (χ1n) is 13.9. The van der Waals surface area contributed by atoms with Gasteiger partial charge in [0.05, 0.1) is 6.61 Å². The van der Waals surface area contributed by atoms with Crippen LogP contribution in [0, 0.1) is 0 Å². The molecular weight excluding hydrogens is 420 g/mol. The van der Waals surface area contributed by atoms with E-state index in [4.69, 9.17) is 4.74 Å². The highest BCUT2D eigenvalue weighted by molar-refractivity contribution is 5.68. The Balaban J connectivity index is 2.97. The third kappa shape index (κ3) is 10.8. The molecule has 0 aliphatic heterocycles. The summed E-state index contributed by atoms with van der Waals surface area (Å²) in [4.78, 5) is 11.7. The van der Waals surface area contributed by atoms with Gasteiger partial charge in [0, 0.05) is 6.42 Å². The van der Waals surface area contributed by atoms with Crippen molar-refractivity contribution in [2.24, 2.45) is 0 Å². The van der Waals surface area contributed by atoms with Crippen molar-refractivity contribution in [2.75, 3.05) is 6.61 Å². The van der Waals surface area contributed by atoms with Crippen molar-refractivity contribution in [2.45, 2.75) is 149 Å². The summed E-state index contributed by atoms with van der Waals surface area (Å²) in [6.45, 7) is 17.6. The average Bonchev–Trinajstić information content (AvgIpc) is 2.75. The highest BCUT2D eigenvalue weighted by Crippen LogP contribution is 2.42. The maximum atomic E-state index is 11.7. The lowest BCUT2D eigenvalue weighted by molar-refractivity contribution is -0.143. The van der Waals surface area contributed by atoms with Crippen LogP contribution in [0.3, 0.4) is 0 Å². The molecule has 0 aliphatic rings. The van der Waals surface area contributed by atoms with E-state index in [-0.39, 0.29) is 16.8 Å². The summed E-state index contributed by atoms with van der Waals surface area (Å²) in [5, 5.41) is 11.1. The largest absolute Gasteiger partial charge is 0.507 e. The Morgan fingerprint density at radius 2 is 1.26 bits per heavy atom. The van der Waals surface area contributed by atoms with Crippen molar-refractivity contribution in [1.29, 1.82) is 0 Å². The maximum Gasteiger partial charge on any atom is 0.305 e. The molecule has 196 valence electrons. The predicted octanol–water partition coefficient (Wildman–Crippen LogP) is 9.33.